The minimum absolute atomic E-state index is 0.123. The number of carbonyl (C=O) groups is 1. The van der Waals surface area contributed by atoms with Gasteiger partial charge in [-0.15, -0.1) is 0 Å². The molecule has 2 aromatic heterocycles. The van der Waals surface area contributed by atoms with Crippen molar-refractivity contribution in [1.29, 1.82) is 0 Å². The number of morpholine rings is 1. The topological polar surface area (TPSA) is 77.2 Å². The first-order valence-electron chi connectivity index (χ1n) is 8.83. The van der Waals surface area contributed by atoms with Crippen molar-refractivity contribution in [3.8, 4) is 0 Å². The maximum absolute atomic E-state index is 12.6. The van der Waals surface area contributed by atoms with Crippen LogP contribution in [0.4, 0.5) is 10.6 Å². The van der Waals surface area contributed by atoms with Crippen LogP contribution in [0.3, 0.4) is 0 Å². The fourth-order valence-corrected chi connectivity index (χ4v) is 2.96. The summed E-state index contributed by atoms with van der Waals surface area (Å²) in [6.07, 6.45) is 5.59. The Kier molecular flexibility index (Phi) is 5.37. The number of rotatable bonds is 5. The molecule has 0 saturated carbocycles. The van der Waals surface area contributed by atoms with E-state index in [2.05, 4.69) is 22.4 Å². The van der Waals surface area contributed by atoms with E-state index >= 15 is 0 Å². The third-order valence-electron chi connectivity index (χ3n) is 4.37. The summed E-state index contributed by atoms with van der Waals surface area (Å²) in [6.45, 7) is 6.57. The molecule has 1 atom stereocenters. The molecule has 3 heterocycles. The molecular formula is C17H26N6O2. The van der Waals surface area contributed by atoms with Crippen LogP contribution in [-0.2, 0) is 24.8 Å². The molecule has 0 spiro atoms. The summed E-state index contributed by atoms with van der Waals surface area (Å²) in [4.78, 5) is 14.4. The Morgan fingerprint density at radius 3 is 3.00 bits per heavy atom. The Morgan fingerprint density at radius 1 is 1.44 bits per heavy atom. The normalized spacial score (nSPS) is 17.7. The van der Waals surface area contributed by atoms with Gasteiger partial charge in [0.15, 0.2) is 0 Å². The standard InChI is InChI=1S/C17H26N6O2/c1-4-6-14-9-16(21(3)20-14)19-17(24)22-7-8-25-15(12-22)13-10-18-23(5-2)11-13/h9-11,15H,4-8,12H2,1-3H3,(H,19,24). The minimum atomic E-state index is -0.137. The number of aryl methyl sites for hydroxylation is 3. The number of urea groups is 1. The zero-order valence-corrected chi connectivity index (χ0v) is 15.1. The molecule has 8 nitrogen and oxygen atoms in total. The largest absolute Gasteiger partial charge is 0.370 e. The minimum Gasteiger partial charge on any atom is -0.370 e. The molecule has 25 heavy (non-hydrogen) atoms. The summed E-state index contributed by atoms with van der Waals surface area (Å²) in [5.41, 5.74) is 2.00. The van der Waals surface area contributed by atoms with Gasteiger partial charge < -0.3 is 9.64 Å². The number of nitrogens with zero attached hydrogens (tertiary/aromatic N) is 5. The number of ether oxygens (including phenoxy) is 1. The first kappa shape index (κ1) is 17.5. The van der Waals surface area contributed by atoms with Gasteiger partial charge in [-0.1, -0.05) is 13.3 Å². The van der Waals surface area contributed by atoms with Crippen LogP contribution in [0.25, 0.3) is 0 Å². The number of hydrogen-bond acceptors (Lipinski definition) is 4. The van der Waals surface area contributed by atoms with Gasteiger partial charge in [0, 0.05) is 38.0 Å². The third-order valence-corrected chi connectivity index (χ3v) is 4.37. The van der Waals surface area contributed by atoms with E-state index in [4.69, 9.17) is 4.74 Å². The van der Waals surface area contributed by atoms with Gasteiger partial charge in [-0.25, -0.2) is 4.79 Å². The molecule has 136 valence electrons. The summed E-state index contributed by atoms with van der Waals surface area (Å²) in [5.74, 6) is 0.718. The molecule has 1 saturated heterocycles. The number of hydrogen-bond donors (Lipinski definition) is 1. The highest BCUT2D eigenvalue weighted by molar-refractivity contribution is 5.88. The van der Waals surface area contributed by atoms with E-state index in [0.717, 1.165) is 36.5 Å². The quantitative estimate of drug-likeness (QED) is 0.900. The van der Waals surface area contributed by atoms with Crippen molar-refractivity contribution in [2.45, 2.75) is 39.3 Å². The number of carbonyl (C=O) groups excluding carboxylic acids is 1. The maximum atomic E-state index is 12.6. The lowest BCUT2D eigenvalue weighted by molar-refractivity contribution is -0.0135. The predicted octanol–water partition coefficient (Wildman–Crippen LogP) is 2.19. The van der Waals surface area contributed by atoms with Crippen molar-refractivity contribution in [3.05, 3.63) is 29.7 Å². The molecule has 2 amide bonds. The lowest BCUT2D eigenvalue weighted by atomic mass is 10.1. The molecule has 1 aliphatic rings. The molecular weight excluding hydrogens is 320 g/mol. The Bertz CT molecular complexity index is 723. The van der Waals surface area contributed by atoms with Crippen LogP contribution >= 0.6 is 0 Å². The highest BCUT2D eigenvalue weighted by Crippen LogP contribution is 2.22. The van der Waals surface area contributed by atoms with E-state index in [-0.39, 0.29) is 12.1 Å². The second-order valence-corrected chi connectivity index (χ2v) is 6.26. The van der Waals surface area contributed by atoms with Crippen LogP contribution in [0.15, 0.2) is 18.5 Å². The van der Waals surface area contributed by atoms with E-state index in [9.17, 15) is 4.79 Å². The van der Waals surface area contributed by atoms with Gasteiger partial charge in [-0.05, 0) is 13.3 Å². The average molecular weight is 346 g/mol. The summed E-state index contributed by atoms with van der Waals surface area (Å²) in [6, 6.07) is 1.81. The fourth-order valence-electron chi connectivity index (χ4n) is 2.96. The molecule has 3 rings (SSSR count). The Labute approximate surface area is 147 Å². The first-order valence-corrected chi connectivity index (χ1v) is 8.83. The Morgan fingerprint density at radius 2 is 2.28 bits per heavy atom. The average Bonchev–Trinajstić information content (AvgIpc) is 3.22. The molecule has 1 unspecified atom stereocenters. The summed E-state index contributed by atoms with van der Waals surface area (Å²) >= 11 is 0. The summed E-state index contributed by atoms with van der Waals surface area (Å²) < 4.78 is 9.40. The van der Waals surface area contributed by atoms with Crippen molar-refractivity contribution < 1.29 is 9.53 Å². The van der Waals surface area contributed by atoms with Gasteiger partial charge >= 0.3 is 6.03 Å². The Balaban J connectivity index is 1.63. The third kappa shape index (κ3) is 4.01. The van der Waals surface area contributed by atoms with Crippen LogP contribution in [0, 0.1) is 0 Å². The van der Waals surface area contributed by atoms with Gasteiger partial charge in [-0.2, -0.15) is 10.2 Å². The number of aromatic nitrogens is 4. The summed E-state index contributed by atoms with van der Waals surface area (Å²) in [5, 5.41) is 11.7. The van der Waals surface area contributed by atoms with Gasteiger partial charge in [-0.3, -0.25) is 14.7 Å². The van der Waals surface area contributed by atoms with Crippen LogP contribution in [0.2, 0.25) is 0 Å². The monoisotopic (exact) mass is 346 g/mol. The van der Waals surface area contributed by atoms with Crippen LogP contribution in [0.1, 0.15) is 37.6 Å². The molecule has 1 aliphatic heterocycles. The van der Waals surface area contributed by atoms with Gasteiger partial charge in [0.2, 0.25) is 0 Å². The Hall–Kier alpha value is -2.35. The van der Waals surface area contributed by atoms with Crippen molar-refractivity contribution in [2.75, 3.05) is 25.0 Å². The molecule has 0 aromatic carbocycles. The second kappa shape index (κ2) is 7.69. The smallest absolute Gasteiger partial charge is 0.323 e. The van der Waals surface area contributed by atoms with Gasteiger partial charge in [0.1, 0.15) is 11.9 Å². The van der Waals surface area contributed by atoms with Gasteiger partial charge in [0.05, 0.1) is 25.0 Å². The van der Waals surface area contributed by atoms with Crippen molar-refractivity contribution in [3.63, 3.8) is 0 Å². The van der Waals surface area contributed by atoms with Crippen molar-refractivity contribution in [2.24, 2.45) is 7.05 Å². The molecule has 0 bridgehead atoms. The molecule has 2 aromatic rings. The van der Waals surface area contributed by atoms with E-state index in [1.54, 1.807) is 9.58 Å². The predicted molar refractivity (Wildman–Crippen MR) is 94.4 cm³/mol. The lowest BCUT2D eigenvalue weighted by Crippen LogP contribution is -2.44. The summed E-state index contributed by atoms with van der Waals surface area (Å²) in [7, 11) is 1.84. The van der Waals surface area contributed by atoms with E-state index in [1.165, 1.54) is 0 Å². The molecule has 0 radical (unpaired) electrons. The highest BCUT2D eigenvalue weighted by atomic mass is 16.5. The van der Waals surface area contributed by atoms with Crippen LogP contribution in [-0.4, -0.2) is 50.2 Å². The molecule has 1 fully saturated rings. The highest BCUT2D eigenvalue weighted by Gasteiger charge is 2.26. The SMILES string of the molecule is CCCc1cc(NC(=O)N2CCOC(c3cnn(CC)c3)C2)n(C)n1. The second-order valence-electron chi connectivity index (χ2n) is 6.26. The molecule has 0 aliphatic carbocycles. The fraction of sp³-hybridized carbons (Fsp3) is 0.588. The van der Waals surface area contributed by atoms with E-state index in [1.807, 2.05) is 37.1 Å². The molecule has 1 N–H and O–H groups in total. The van der Waals surface area contributed by atoms with E-state index < -0.39 is 0 Å². The number of anilines is 1. The van der Waals surface area contributed by atoms with Crippen molar-refractivity contribution in [1.82, 2.24) is 24.5 Å². The van der Waals surface area contributed by atoms with Gasteiger partial charge in [0.25, 0.3) is 0 Å². The lowest BCUT2D eigenvalue weighted by Gasteiger charge is -2.32. The van der Waals surface area contributed by atoms with E-state index in [0.29, 0.717) is 19.7 Å². The maximum Gasteiger partial charge on any atom is 0.323 e. The molecule has 8 heteroatoms. The zero-order valence-electron chi connectivity index (χ0n) is 15.1. The number of amides is 2. The van der Waals surface area contributed by atoms with Crippen LogP contribution in [0.5, 0.6) is 0 Å². The zero-order chi connectivity index (χ0) is 17.8. The van der Waals surface area contributed by atoms with Crippen molar-refractivity contribution >= 4 is 11.8 Å². The first-order chi connectivity index (χ1) is 12.1. The number of nitrogens with one attached hydrogen (secondary N) is 1. The van der Waals surface area contributed by atoms with Crippen LogP contribution < -0.4 is 5.32 Å².